The number of nitrogen functional groups attached to an aromatic ring is 1. The molecule has 2 rings (SSSR count). The number of carboxylic acid groups (broad SMARTS) is 1. The standard InChI is InChI=1S/C13H13BrN2O2S/c14-12-4-2-9(19-12)5-6-16-8-1-3-11(15)10(7-8)13(17)18/h1-4,7,16H,5-6,15H2,(H,17,18). The van der Waals surface area contributed by atoms with E-state index in [1.807, 2.05) is 6.07 Å². The van der Waals surface area contributed by atoms with Crippen LogP contribution in [0.1, 0.15) is 15.2 Å². The molecule has 0 spiro atoms. The quantitative estimate of drug-likeness (QED) is 0.728. The van der Waals surface area contributed by atoms with Gasteiger partial charge >= 0.3 is 5.97 Å². The Hall–Kier alpha value is -1.53. The molecule has 100 valence electrons. The topological polar surface area (TPSA) is 75.3 Å². The maximum atomic E-state index is 11.0. The maximum Gasteiger partial charge on any atom is 0.337 e. The fourth-order valence-electron chi connectivity index (χ4n) is 1.67. The zero-order chi connectivity index (χ0) is 13.8. The van der Waals surface area contributed by atoms with Crippen LogP contribution in [0.2, 0.25) is 0 Å². The van der Waals surface area contributed by atoms with Crippen molar-refractivity contribution >= 4 is 44.6 Å². The number of thiophene rings is 1. The highest BCUT2D eigenvalue weighted by molar-refractivity contribution is 9.11. The minimum atomic E-state index is -1.01. The number of nitrogens with one attached hydrogen (secondary N) is 1. The molecule has 0 bridgehead atoms. The predicted octanol–water partition coefficient (Wildman–Crippen LogP) is 3.45. The Balaban J connectivity index is 1.96. The molecule has 0 saturated carbocycles. The first kappa shape index (κ1) is 13.9. The Morgan fingerprint density at radius 2 is 2.16 bits per heavy atom. The van der Waals surface area contributed by atoms with Crippen LogP contribution in [0.25, 0.3) is 0 Å². The van der Waals surface area contributed by atoms with Crippen LogP contribution in [0.5, 0.6) is 0 Å². The van der Waals surface area contributed by atoms with Crippen molar-refractivity contribution in [2.75, 3.05) is 17.6 Å². The molecule has 4 N–H and O–H groups in total. The molecule has 1 aromatic heterocycles. The molecular formula is C13H13BrN2O2S. The number of nitrogens with two attached hydrogens (primary N) is 1. The van der Waals surface area contributed by atoms with Crippen LogP contribution in [0.3, 0.4) is 0 Å². The summed E-state index contributed by atoms with van der Waals surface area (Å²) in [5, 5.41) is 12.2. The first-order chi connectivity index (χ1) is 9.06. The van der Waals surface area contributed by atoms with E-state index in [-0.39, 0.29) is 11.3 Å². The fraction of sp³-hybridized carbons (Fsp3) is 0.154. The number of halogens is 1. The lowest BCUT2D eigenvalue weighted by Crippen LogP contribution is -2.07. The molecule has 6 heteroatoms. The first-order valence-corrected chi connectivity index (χ1v) is 7.28. The van der Waals surface area contributed by atoms with Crippen LogP contribution in [-0.2, 0) is 6.42 Å². The van der Waals surface area contributed by atoms with Gasteiger partial charge in [-0.1, -0.05) is 0 Å². The Kier molecular flexibility index (Phi) is 4.44. The first-order valence-electron chi connectivity index (χ1n) is 5.67. The van der Waals surface area contributed by atoms with Crippen molar-refractivity contribution in [1.29, 1.82) is 0 Å². The van der Waals surface area contributed by atoms with E-state index in [1.165, 1.54) is 4.88 Å². The van der Waals surface area contributed by atoms with E-state index >= 15 is 0 Å². The van der Waals surface area contributed by atoms with Gasteiger partial charge in [-0.05, 0) is 52.7 Å². The highest BCUT2D eigenvalue weighted by atomic mass is 79.9. The summed E-state index contributed by atoms with van der Waals surface area (Å²) in [6, 6.07) is 9.04. The Labute approximate surface area is 123 Å². The van der Waals surface area contributed by atoms with Gasteiger partial charge in [-0.2, -0.15) is 0 Å². The zero-order valence-electron chi connectivity index (χ0n) is 10.0. The van der Waals surface area contributed by atoms with Crippen LogP contribution in [0.15, 0.2) is 34.1 Å². The summed E-state index contributed by atoms with van der Waals surface area (Å²) in [7, 11) is 0. The van der Waals surface area contributed by atoms with Crippen molar-refractivity contribution < 1.29 is 9.90 Å². The third-order valence-electron chi connectivity index (χ3n) is 2.61. The summed E-state index contributed by atoms with van der Waals surface area (Å²) in [5.41, 5.74) is 6.77. The number of carbonyl (C=O) groups is 1. The van der Waals surface area contributed by atoms with Crippen LogP contribution < -0.4 is 11.1 Å². The second-order valence-corrected chi connectivity index (χ2v) is 6.54. The van der Waals surface area contributed by atoms with Crippen LogP contribution in [0, 0.1) is 0 Å². The van der Waals surface area contributed by atoms with E-state index in [4.69, 9.17) is 10.8 Å². The second-order valence-electron chi connectivity index (χ2n) is 3.99. The number of benzene rings is 1. The molecule has 0 saturated heterocycles. The lowest BCUT2D eigenvalue weighted by atomic mass is 10.1. The third kappa shape index (κ3) is 3.71. The fourth-order valence-corrected chi connectivity index (χ4v) is 3.15. The van der Waals surface area contributed by atoms with Gasteiger partial charge in [-0.3, -0.25) is 0 Å². The Morgan fingerprint density at radius 1 is 1.37 bits per heavy atom. The summed E-state index contributed by atoms with van der Waals surface area (Å²) < 4.78 is 1.11. The van der Waals surface area contributed by atoms with E-state index in [0.29, 0.717) is 0 Å². The number of aromatic carboxylic acids is 1. The molecule has 0 amide bonds. The molecule has 4 nitrogen and oxygen atoms in total. The third-order valence-corrected chi connectivity index (χ3v) is 4.30. The van der Waals surface area contributed by atoms with Crippen molar-refractivity contribution in [3.05, 3.63) is 44.6 Å². The lowest BCUT2D eigenvalue weighted by molar-refractivity contribution is 0.0698. The number of hydrogen-bond acceptors (Lipinski definition) is 4. The normalized spacial score (nSPS) is 10.4. The Morgan fingerprint density at radius 3 is 2.79 bits per heavy atom. The molecule has 1 heterocycles. The van der Waals surface area contributed by atoms with Gasteiger partial charge in [0.15, 0.2) is 0 Å². The molecule has 0 aliphatic rings. The van der Waals surface area contributed by atoms with Gasteiger partial charge in [0, 0.05) is 22.8 Å². The van der Waals surface area contributed by atoms with Gasteiger partial charge in [-0.15, -0.1) is 11.3 Å². The van der Waals surface area contributed by atoms with Crippen molar-refractivity contribution in [3.8, 4) is 0 Å². The summed E-state index contributed by atoms with van der Waals surface area (Å²) in [5.74, 6) is -1.01. The summed E-state index contributed by atoms with van der Waals surface area (Å²) in [4.78, 5) is 12.2. The molecule has 1 aromatic carbocycles. The summed E-state index contributed by atoms with van der Waals surface area (Å²) >= 11 is 5.12. The van der Waals surface area contributed by atoms with Crippen molar-refractivity contribution in [3.63, 3.8) is 0 Å². The van der Waals surface area contributed by atoms with Gasteiger partial charge in [0.05, 0.1) is 9.35 Å². The molecule has 0 radical (unpaired) electrons. The minimum Gasteiger partial charge on any atom is -0.478 e. The van der Waals surface area contributed by atoms with Crippen molar-refractivity contribution in [2.45, 2.75) is 6.42 Å². The van der Waals surface area contributed by atoms with E-state index < -0.39 is 5.97 Å². The van der Waals surface area contributed by atoms with Gasteiger partial charge in [-0.25, -0.2) is 4.79 Å². The van der Waals surface area contributed by atoms with E-state index in [9.17, 15) is 4.79 Å². The molecule has 0 fully saturated rings. The predicted molar refractivity (Wildman–Crippen MR) is 82.0 cm³/mol. The van der Waals surface area contributed by atoms with Crippen molar-refractivity contribution in [1.82, 2.24) is 0 Å². The smallest absolute Gasteiger partial charge is 0.337 e. The maximum absolute atomic E-state index is 11.0. The molecular weight excluding hydrogens is 328 g/mol. The molecule has 0 aliphatic carbocycles. The second kappa shape index (κ2) is 6.08. The number of hydrogen-bond donors (Lipinski definition) is 3. The lowest BCUT2D eigenvalue weighted by Gasteiger charge is -2.08. The molecule has 19 heavy (non-hydrogen) atoms. The summed E-state index contributed by atoms with van der Waals surface area (Å²) in [6.07, 6.45) is 0.892. The van der Waals surface area contributed by atoms with Crippen molar-refractivity contribution in [2.24, 2.45) is 0 Å². The molecule has 0 atom stereocenters. The molecule has 0 aliphatic heterocycles. The number of carboxylic acids is 1. The van der Waals surface area contributed by atoms with Gasteiger partial charge in [0.1, 0.15) is 0 Å². The SMILES string of the molecule is Nc1ccc(NCCc2ccc(Br)s2)cc1C(=O)O. The highest BCUT2D eigenvalue weighted by Gasteiger charge is 2.08. The number of rotatable bonds is 5. The average molecular weight is 341 g/mol. The van der Waals surface area contributed by atoms with E-state index in [1.54, 1.807) is 29.5 Å². The Bertz CT molecular complexity index is 598. The van der Waals surface area contributed by atoms with Gasteiger partial charge in [0.2, 0.25) is 0 Å². The molecule has 0 unspecified atom stereocenters. The van der Waals surface area contributed by atoms with Gasteiger partial charge in [0.25, 0.3) is 0 Å². The molecule has 2 aromatic rings. The zero-order valence-corrected chi connectivity index (χ0v) is 12.4. The van der Waals surface area contributed by atoms with Crippen LogP contribution >= 0.6 is 27.3 Å². The van der Waals surface area contributed by atoms with E-state index in [2.05, 4.69) is 27.3 Å². The highest BCUT2D eigenvalue weighted by Crippen LogP contribution is 2.23. The van der Waals surface area contributed by atoms with Crippen LogP contribution in [0.4, 0.5) is 11.4 Å². The van der Waals surface area contributed by atoms with Crippen LogP contribution in [-0.4, -0.2) is 17.6 Å². The monoisotopic (exact) mass is 340 g/mol. The van der Waals surface area contributed by atoms with E-state index in [0.717, 1.165) is 22.4 Å². The van der Waals surface area contributed by atoms with Gasteiger partial charge < -0.3 is 16.2 Å². The number of anilines is 2. The minimum absolute atomic E-state index is 0.129. The summed E-state index contributed by atoms with van der Waals surface area (Å²) in [6.45, 7) is 0.746. The average Bonchev–Trinajstić information content (AvgIpc) is 2.77. The largest absolute Gasteiger partial charge is 0.478 e.